The van der Waals surface area contributed by atoms with Crippen molar-refractivity contribution in [2.24, 2.45) is 0 Å². The van der Waals surface area contributed by atoms with Crippen LogP contribution in [-0.2, 0) is 6.42 Å². The molecule has 1 N–H and O–H groups in total. The van der Waals surface area contributed by atoms with Crippen molar-refractivity contribution in [1.29, 1.82) is 0 Å². The van der Waals surface area contributed by atoms with E-state index in [0.29, 0.717) is 0 Å². The van der Waals surface area contributed by atoms with E-state index >= 15 is 0 Å². The zero-order valence-electron chi connectivity index (χ0n) is 13.6. The molecular formula is C19H24N2OS. The van der Waals surface area contributed by atoms with Crippen molar-refractivity contribution in [3.05, 3.63) is 52.2 Å². The van der Waals surface area contributed by atoms with Crippen LogP contribution in [0.2, 0.25) is 0 Å². The van der Waals surface area contributed by atoms with Gasteiger partial charge in [0.15, 0.2) is 0 Å². The number of rotatable bonds is 3. The van der Waals surface area contributed by atoms with Crippen LogP contribution >= 0.6 is 11.3 Å². The standard InChI is InChI=1S/C19H24N2OS/c1-2-15-9-11-16(12-10-15)20-19(22)21-13-5-3-4-7-17(21)18-8-6-14-23-18/h6,8-12,14,17H,2-5,7,13H2,1H3,(H,20,22). The lowest BCUT2D eigenvalue weighted by atomic mass is 10.1. The molecule has 1 aromatic heterocycles. The number of anilines is 1. The van der Waals surface area contributed by atoms with Crippen LogP contribution in [-0.4, -0.2) is 17.5 Å². The van der Waals surface area contributed by atoms with Gasteiger partial charge in [-0.05, 0) is 48.4 Å². The second-order valence-electron chi connectivity index (χ2n) is 6.05. The Balaban J connectivity index is 1.74. The monoisotopic (exact) mass is 328 g/mol. The summed E-state index contributed by atoms with van der Waals surface area (Å²) in [6.45, 7) is 2.97. The van der Waals surface area contributed by atoms with E-state index in [1.807, 2.05) is 17.0 Å². The maximum Gasteiger partial charge on any atom is 0.322 e. The molecule has 122 valence electrons. The molecule has 1 saturated heterocycles. The van der Waals surface area contributed by atoms with Crippen molar-refractivity contribution < 1.29 is 4.79 Å². The van der Waals surface area contributed by atoms with Crippen LogP contribution in [0.4, 0.5) is 10.5 Å². The van der Waals surface area contributed by atoms with Gasteiger partial charge in [-0.15, -0.1) is 11.3 Å². The number of nitrogens with one attached hydrogen (secondary N) is 1. The van der Waals surface area contributed by atoms with Gasteiger partial charge in [-0.3, -0.25) is 0 Å². The molecule has 1 aromatic carbocycles. The average Bonchev–Trinajstić information content (AvgIpc) is 2.99. The highest BCUT2D eigenvalue weighted by Gasteiger charge is 2.27. The molecule has 1 aliphatic rings. The summed E-state index contributed by atoms with van der Waals surface area (Å²) in [5.74, 6) is 0. The Morgan fingerprint density at radius 3 is 2.74 bits per heavy atom. The van der Waals surface area contributed by atoms with E-state index in [9.17, 15) is 4.79 Å². The zero-order valence-corrected chi connectivity index (χ0v) is 14.4. The largest absolute Gasteiger partial charge is 0.322 e. The number of likely N-dealkylation sites (tertiary alicyclic amines) is 1. The fourth-order valence-electron chi connectivity index (χ4n) is 3.15. The molecule has 2 aromatic rings. The molecule has 2 amide bonds. The van der Waals surface area contributed by atoms with Crippen LogP contribution in [0.25, 0.3) is 0 Å². The Kier molecular flexibility index (Phi) is 5.34. The van der Waals surface area contributed by atoms with Gasteiger partial charge in [0.1, 0.15) is 0 Å². The molecule has 0 saturated carbocycles. The van der Waals surface area contributed by atoms with Gasteiger partial charge < -0.3 is 10.2 Å². The average molecular weight is 328 g/mol. The number of hydrogen-bond acceptors (Lipinski definition) is 2. The molecule has 1 aliphatic heterocycles. The Hall–Kier alpha value is -1.81. The maximum absolute atomic E-state index is 12.8. The van der Waals surface area contributed by atoms with E-state index in [1.165, 1.54) is 23.3 Å². The Morgan fingerprint density at radius 2 is 2.04 bits per heavy atom. The van der Waals surface area contributed by atoms with Gasteiger partial charge in [-0.2, -0.15) is 0 Å². The number of carbonyl (C=O) groups is 1. The topological polar surface area (TPSA) is 32.3 Å². The minimum absolute atomic E-state index is 0.0227. The van der Waals surface area contributed by atoms with Gasteiger partial charge in [0, 0.05) is 17.1 Å². The first-order valence-electron chi connectivity index (χ1n) is 8.48. The molecule has 1 unspecified atom stereocenters. The molecule has 0 bridgehead atoms. The third-order valence-corrected chi connectivity index (χ3v) is 5.47. The van der Waals surface area contributed by atoms with Crippen molar-refractivity contribution in [1.82, 2.24) is 4.90 Å². The van der Waals surface area contributed by atoms with Gasteiger partial charge in [0.05, 0.1) is 6.04 Å². The first-order chi connectivity index (χ1) is 11.3. The van der Waals surface area contributed by atoms with Gasteiger partial charge in [0.25, 0.3) is 0 Å². The highest BCUT2D eigenvalue weighted by Crippen LogP contribution is 2.33. The van der Waals surface area contributed by atoms with Crippen LogP contribution < -0.4 is 5.32 Å². The fourth-order valence-corrected chi connectivity index (χ4v) is 4.02. The molecular weight excluding hydrogens is 304 g/mol. The lowest BCUT2D eigenvalue weighted by molar-refractivity contribution is 0.190. The van der Waals surface area contributed by atoms with Crippen LogP contribution in [0.3, 0.4) is 0 Å². The van der Waals surface area contributed by atoms with Crippen LogP contribution in [0.1, 0.15) is 49.1 Å². The summed E-state index contributed by atoms with van der Waals surface area (Å²) in [4.78, 5) is 16.1. The zero-order chi connectivity index (χ0) is 16.1. The highest BCUT2D eigenvalue weighted by atomic mass is 32.1. The van der Waals surface area contributed by atoms with Crippen LogP contribution in [0.15, 0.2) is 41.8 Å². The van der Waals surface area contributed by atoms with E-state index in [1.54, 1.807) is 11.3 Å². The van der Waals surface area contributed by atoms with Crippen molar-refractivity contribution in [3.63, 3.8) is 0 Å². The van der Waals surface area contributed by atoms with Gasteiger partial charge in [-0.25, -0.2) is 4.79 Å². The molecule has 23 heavy (non-hydrogen) atoms. The predicted octanol–water partition coefficient (Wildman–Crippen LogP) is 5.46. The lowest BCUT2D eigenvalue weighted by Gasteiger charge is -2.29. The Bertz CT molecular complexity index is 621. The molecule has 0 spiro atoms. The molecule has 3 rings (SSSR count). The van der Waals surface area contributed by atoms with Crippen molar-refractivity contribution in [2.75, 3.05) is 11.9 Å². The van der Waals surface area contributed by atoms with Crippen molar-refractivity contribution >= 4 is 23.1 Å². The summed E-state index contributed by atoms with van der Waals surface area (Å²) in [6, 6.07) is 12.6. The summed E-state index contributed by atoms with van der Waals surface area (Å²) in [7, 11) is 0. The van der Waals surface area contributed by atoms with Gasteiger partial charge in [-0.1, -0.05) is 38.0 Å². The summed E-state index contributed by atoms with van der Waals surface area (Å²) in [5, 5.41) is 5.17. The third-order valence-electron chi connectivity index (χ3n) is 4.50. The van der Waals surface area contributed by atoms with Crippen LogP contribution in [0, 0.1) is 0 Å². The van der Waals surface area contributed by atoms with Gasteiger partial charge in [0.2, 0.25) is 0 Å². The number of carbonyl (C=O) groups excluding carboxylic acids is 1. The molecule has 0 radical (unpaired) electrons. The quantitative estimate of drug-likeness (QED) is 0.797. The third kappa shape index (κ3) is 3.94. The number of benzene rings is 1. The van der Waals surface area contributed by atoms with E-state index in [2.05, 4.69) is 41.9 Å². The number of nitrogens with zero attached hydrogens (tertiary/aromatic N) is 1. The second-order valence-corrected chi connectivity index (χ2v) is 7.03. The number of amides is 2. The number of aryl methyl sites for hydroxylation is 1. The molecule has 3 nitrogen and oxygen atoms in total. The minimum atomic E-state index is 0.0227. The molecule has 1 atom stereocenters. The normalized spacial score (nSPS) is 18.5. The summed E-state index contributed by atoms with van der Waals surface area (Å²) in [6.07, 6.45) is 5.56. The molecule has 1 fully saturated rings. The highest BCUT2D eigenvalue weighted by molar-refractivity contribution is 7.10. The van der Waals surface area contributed by atoms with E-state index in [0.717, 1.165) is 31.5 Å². The smallest absolute Gasteiger partial charge is 0.317 e. The predicted molar refractivity (Wildman–Crippen MR) is 97.1 cm³/mol. The fraction of sp³-hybridized carbons (Fsp3) is 0.421. The summed E-state index contributed by atoms with van der Waals surface area (Å²) < 4.78 is 0. The molecule has 0 aliphatic carbocycles. The molecule has 4 heteroatoms. The number of hydrogen-bond donors (Lipinski definition) is 1. The number of urea groups is 1. The second kappa shape index (κ2) is 7.64. The van der Waals surface area contributed by atoms with E-state index < -0.39 is 0 Å². The first-order valence-corrected chi connectivity index (χ1v) is 9.36. The number of thiophene rings is 1. The van der Waals surface area contributed by atoms with Crippen molar-refractivity contribution in [2.45, 2.75) is 45.1 Å². The summed E-state index contributed by atoms with van der Waals surface area (Å²) in [5.41, 5.74) is 2.16. The Morgan fingerprint density at radius 1 is 1.22 bits per heavy atom. The lowest BCUT2D eigenvalue weighted by Crippen LogP contribution is -2.37. The van der Waals surface area contributed by atoms with Crippen molar-refractivity contribution in [3.8, 4) is 0 Å². The maximum atomic E-state index is 12.8. The summed E-state index contributed by atoms with van der Waals surface area (Å²) >= 11 is 1.75. The molecule has 2 heterocycles. The Labute approximate surface area is 142 Å². The van der Waals surface area contributed by atoms with E-state index in [4.69, 9.17) is 0 Å². The minimum Gasteiger partial charge on any atom is -0.317 e. The van der Waals surface area contributed by atoms with E-state index in [-0.39, 0.29) is 12.1 Å². The van der Waals surface area contributed by atoms with Gasteiger partial charge >= 0.3 is 6.03 Å². The van der Waals surface area contributed by atoms with Crippen LogP contribution in [0.5, 0.6) is 0 Å². The SMILES string of the molecule is CCc1ccc(NC(=O)N2CCCCCC2c2cccs2)cc1. The first kappa shape index (κ1) is 16.1.